The van der Waals surface area contributed by atoms with Crippen molar-refractivity contribution in [3.8, 4) is 0 Å². The van der Waals surface area contributed by atoms with Crippen molar-refractivity contribution in [2.24, 2.45) is 12.9 Å². The van der Waals surface area contributed by atoms with Crippen molar-refractivity contribution in [2.75, 3.05) is 0 Å². The smallest absolute Gasteiger partial charge is 0.0843 e. The van der Waals surface area contributed by atoms with E-state index in [4.69, 9.17) is 5.84 Å². The van der Waals surface area contributed by atoms with E-state index in [0.29, 0.717) is 0 Å². The molecule has 2 aromatic rings. The molecular formula is C10H15N5S. The quantitative estimate of drug-likeness (QED) is 0.587. The van der Waals surface area contributed by atoms with E-state index >= 15 is 0 Å². The Hall–Kier alpha value is -1.24. The Morgan fingerprint density at radius 2 is 2.44 bits per heavy atom. The fourth-order valence-electron chi connectivity index (χ4n) is 1.62. The first kappa shape index (κ1) is 11.3. The topological polar surface area (TPSA) is 68.8 Å². The summed E-state index contributed by atoms with van der Waals surface area (Å²) >= 11 is 1.70. The van der Waals surface area contributed by atoms with Gasteiger partial charge in [-0.15, -0.1) is 5.10 Å². The van der Waals surface area contributed by atoms with Crippen LogP contribution in [-0.2, 0) is 19.9 Å². The lowest BCUT2D eigenvalue weighted by molar-refractivity contribution is 0.517. The molecule has 6 heteroatoms. The van der Waals surface area contributed by atoms with Gasteiger partial charge >= 0.3 is 0 Å². The van der Waals surface area contributed by atoms with Crippen LogP contribution in [-0.4, -0.2) is 21.0 Å². The highest BCUT2D eigenvalue weighted by molar-refractivity contribution is 7.07. The predicted molar refractivity (Wildman–Crippen MR) is 63.8 cm³/mol. The van der Waals surface area contributed by atoms with Gasteiger partial charge in [-0.3, -0.25) is 16.0 Å². The normalized spacial score (nSPS) is 12.9. The summed E-state index contributed by atoms with van der Waals surface area (Å²) in [6.45, 7) is 0. The maximum atomic E-state index is 5.54. The van der Waals surface area contributed by atoms with Crippen LogP contribution in [0.5, 0.6) is 0 Å². The minimum atomic E-state index is 0.200. The van der Waals surface area contributed by atoms with Gasteiger partial charge in [0.2, 0.25) is 0 Å². The van der Waals surface area contributed by atoms with Crippen LogP contribution in [0.4, 0.5) is 0 Å². The molecule has 0 radical (unpaired) electrons. The summed E-state index contributed by atoms with van der Waals surface area (Å²) in [6, 6.07) is 2.32. The molecule has 0 amide bonds. The van der Waals surface area contributed by atoms with E-state index in [-0.39, 0.29) is 6.04 Å². The van der Waals surface area contributed by atoms with Crippen LogP contribution < -0.4 is 11.3 Å². The van der Waals surface area contributed by atoms with Crippen LogP contribution in [0, 0.1) is 0 Å². The van der Waals surface area contributed by atoms with Crippen LogP contribution in [0.2, 0.25) is 0 Å². The molecular weight excluding hydrogens is 222 g/mol. The SMILES string of the molecule is Cn1cc(CC(Cc2ccsc2)NN)nn1. The fraction of sp³-hybridized carbons (Fsp3) is 0.400. The van der Waals surface area contributed by atoms with Crippen LogP contribution in [0.25, 0.3) is 0 Å². The van der Waals surface area contributed by atoms with E-state index in [1.54, 1.807) is 16.0 Å². The number of aromatic nitrogens is 3. The molecule has 3 N–H and O–H groups in total. The van der Waals surface area contributed by atoms with Gasteiger partial charge in [-0.2, -0.15) is 11.3 Å². The van der Waals surface area contributed by atoms with Crippen LogP contribution in [0.1, 0.15) is 11.3 Å². The molecule has 0 aliphatic rings. The van der Waals surface area contributed by atoms with E-state index in [1.165, 1.54) is 5.56 Å². The van der Waals surface area contributed by atoms with Crippen LogP contribution in [0.15, 0.2) is 23.0 Å². The average Bonchev–Trinajstić information content (AvgIpc) is 2.89. The molecule has 1 unspecified atom stereocenters. The summed E-state index contributed by atoms with van der Waals surface area (Å²) in [5.74, 6) is 5.54. The van der Waals surface area contributed by atoms with Crippen LogP contribution >= 0.6 is 11.3 Å². The number of nitrogens with one attached hydrogen (secondary N) is 1. The highest BCUT2D eigenvalue weighted by Gasteiger charge is 2.11. The third kappa shape index (κ3) is 2.88. The van der Waals surface area contributed by atoms with Gasteiger partial charge in [-0.25, -0.2) is 0 Å². The van der Waals surface area contributed by atoms with Gasteiger partial charge < -0.3 is 0 Å². The molecule has 16 heavy (non-hydrogen) atoms. The highest BCUT2D eigenvalue weighted by Crippen LogP contribution is 2.10. The Morgan fingerprint density at radius 1 is 1.56 bits per heavy atom. The first-order valence-corrected chi connectivity index (χ1v) is 6.04. The number of hydrazine groups is 1. The first-order chi connectivity index (χ1) is 7.78. The monoisotopic (exact) mass is 237 g/mol. The zero-order chi connectivity index (χ0) is 11.4. The minimum absolute atomic E-state index is 0.200. The van der Waals surface area contributed by atoms with E-state index in [1.807, 2.05) is 13.2 Å². The highest BCUT2D eigenvalue weighted by atomic mass is 32.1. The second kappa shape index (κ2) is 5.20. The van der Waals surface area contributed by atoms with Crippen molar-refractivity contribution in [1.29, 1.82) is 0 Å². The zero-order valence-electron chi connectivity index (χ0n) is 9.13. The number of hydrogen-bond acceptors (Lipinski definition) is 5. The molecule has 86 valence electrons. The maximum Gasteiger partial charge on any atom is 0.0843 e. The lowest BCUT2D eigenvalue weighted by atomic mass is 10.1. The lowest BCUT2D eigenvalue weighted by Gasteiger charge is -2.13. The van der Waals surface area contributed by atoms with E-state index in [9.17, 15) is 0 Å². The van der Waals surface area contributed by atoms with Crippen molar-refractivity contribution in [2.45, 2.75) is 18.9 Å². The zero-order valence-corrected chi connectivity index (χ0v) is 9.94. The molecule has 2 heterocycles. The largest absolute Gasteiger partial charge is 0.271 e. The summed E-state index contributed by atoms with van der Waals surface area (Å²) in [5.41, 5.74) is 5.09. The molecule has 0 spiro atoms. The summed E-state index contributed by atoms with van der Waals surface area (Å²) in [5, 5.41) is 12.2. The molecule has 1 atom stereocenters. The predicted octanol–water partition coefficient (Wildman–Crippen LogP) is 0.494. The lowest BCUT2D eigenvalue weighted by Crippen LogP contribution is -2.38. The maximum absolute atomic E-state index is 5.54. The number of rotatable bonds is 5. The second-order valence-electron chi connectivity index (χ2n) is 3.79. The van der Waals surface area contributed by atoms with Crippen molar-refractivity contribution >= 4 is 11.3 Å². The fourth-order valence-corrected chi connectivity index (χ4v) is 2.31. The number of hydrogen-bond donors (Lipinski definition) is 2. The number of nitrogens with two attached hydrogens (primary N) is 1. The molecule has 2 rings (SSSR count). The van der Waals surface area contributed by atoms with Gasteiger partial charge in [-0.05, 0) is 28.8 Å². The van der Waals surface area contributed by atoms with Gasteiger partial charge in [0, 0.05) is 25.7 Å². The van der Waals surface area contributed by atoms with Gasteiger partial charge in [0.25, 0.3) is 0 Å². The molecule has 0 saturated carbocycles. The third-order valence-corrected chi connectivity index (χ3v) is 3.14. The Balaban J connectivity index is 1.95. The van der Waals surface area contributed by atoms with E-state index in [2.05, 4.69) is 32.6 Å². The minimum Gasteiger partial charge on any atom is -0.271 e. The molecule has 0 aromatic carbocycles. The molecule has 0 bridgehead atoms. The second-order valence-corrected chi connectivity index (χ2v) is 4.57. The molecule has 0 aliphatic heterocycles. The van der Waals surface area contributed by atoms with E-state index < -0.39 is 0 Å². The molecule has 0 fully saturated rings. The molecule has 0 aliphatic carbocycles. The van der Waals surface area contributed by atoms with Crippen molar-refractivity contribution in [3.63, 3.8) is 0 Å². The van der Waals surface area contributed by atoms with Crippen LogP contribution in [0.3, 0.4) is 0 Å². The summed E-state index contributed by atoms with van der Waals surface area (Å²) in [4.78, 5) is 0. The Labute approximate surface area is 98.2 Å². The molecule has 0 saturated heterocycles. The standard InChI is InChI=1S/C10H15N5S/c1-15-6-10(13-14-15)5-9(12-11)4-8-2-3-16-7-8/h2-3,6-7,9,12H,4-5,11H2,1H3. The molecule has 2 aromatic heterocycles. The summed E-state index contributed by atoms with van der Waals surface area (Å²) < 4.78 is 1.70. The summed E-state index contributed by atoms with van der Waals surface area (Å²) in [6.07, 6.45) is 3.62. The first-order valence-electron chi connectivity index (χ1n) is 5.10. The Kier molecular flexibility index (Phi) is 3.66. The average molecular weight is 237 g/mol. The number of nitrogens with zero attached hydrogens (tertiary/aromatic N) is 3. The number of aryl methyl sites for hydroxylation is 1. The van der Waals surface area contributed by atoms with Crippen molar-refractivity contribution < 1.29 is 0 Å². The van der Waals surface area contributed by atoms with Gasteiger partial charge in [0.1, 0.15) is 0 Å². The van der Waals surface area contributed by atoms with Crippen molar-refractivity contribution in [3.05, 3.63) is 34.3 Å². The van der Waals surface area contributed by atoms with Gasteiger partial charge in [0.15, 0.2) is 0 Å². The van der Waals surface area contributed by atoms with E-state index in [0.717, 1.165) is 18.5 Å². The number of thiophene rings is 1. The van der Waals surface area contributed by atoms with Gasteiger partial charge in [-0.1, -0.05) is 5.21 Å². The summed E-state index contributed by atoms with van der Waals surface area (Å²) in [7, 11) is 1.86. The Morgan fingerprint density at radius 3 is 3.00 bits per heavy atom. The Bertz CT molecular complexity index is 422. The van der Waals surface area contributed by atoms with Gasteiger partial charge in [0.05, 0.1) is 5.69 Å². The molecule has 5 nitrogen and oxygen atoms in total. The third-order valence-electron chi connectivity index (χ3n) is 2.40. The van der Waals surface area contributed by atoms with Crippen molar-refractivity contribution in [1.82, 2.24) is 20.4 Å².